The second-order valence-corrected chi connectivity index (χ2v) is 8.30. The Bertz CT molecular complexity index is 463. The predicted octanol–water partition coefficient (Wildman–Crippen LogP) is 4.33. The lowest BCUT2D eigenvalue weighted by Crippen LogP contribution is -2.51. The van der Waals surface area contributed by atoms with Gasteiger partial charge in [0.2, 0.25) is 10.4 Å². The number of carbonyl (C=O) groups is 1. The van der Waals surface area contributed by atoms with Crippen molar-refractivity contribution in [1.82, 2.24) is 0 Å². The van der Waals surface area contributed by atoms with Gasteiger partial charge in [0.05, 0.1) is 26.2 Å². The highest BCUT2D eigenvalue weighted by Gasteiger charge is 2.25. The Hall–Kier alpha value is -0.700. The zero-order valence-corrected chi connectivity index (χ0v) is 19.3. The maximum absolute atomic E-state index is 11.0. The van der Waals surface area contributed by atoms with Crippen LogP contribution in [0.25, 0.3) is 0 Å². The SMILES string of the molecule is CCCCCCCCCCCC[N+](CC)(CC)CC(=O)O.CCOS(=O)(=O)[O-]. The first-order chi connectivity index (χ1) is 13.2. The summed E-state index contributed by atoms with van der Waals surface area (Å²) in [6, 6.07) is 0. The van der Waals surface area contributed by atoms with Crippen LogP contribution >= 0.6 is 0 Å². The van der Waals surface area contributed by atoms with E-state index in [1.807, 2.05) is 0 Å². The van der Waals surface area contributed by atoms with Crippen LogP contribution in [0.2, 0.25) is 0 Å². The van der Waals surface area contributed by atoms with E-state index in [-0.39, 0.29) is 13.2 Å². The Morgan fingerprint density at radius 1 is 0.857 bits per heavy atom. The van der Waals surface area contributed by atoms with Crippen LogP contribution in [0.15, 0.2) is 0 Å². The maximum atomic E-state index is 11.0. The molecule has 0 heterocycles. The Morgan fingerprint density at radius 3 is 1.57 bits per heavy atom. The van der Waals surface area contributed by atoms with E-state index in [1.54, 1.807) is 0 Å². The van der Waals surface area contributed by atoms with E-state index in [4.69, 9.17) is 5.11 Å². The molecule has 0 aromatic heterocycles. The summed E-state index contributed by atoms with van der Waals surface area (Å²) in [6.07, 6.45) is 13.4. The summed E-state index contributed by atoms with van der Waals surface area (Å²) in [7, 11) is -4.42. The molecule has 0 aromatic carbocycles. The third-order valence-corrected chi connectivity index (χ3v) is 5.58. The van der Waals surface area contributed by atoms with Crippen LogP contribution in [-0.4, -0.2) is 61.3 Å². The smallest absolute Gasteiger partial charge is 0.359 e. The fraction of sp³-hybridized carbons (Fsp3) is 0.950. The molecule has 1 N–H and O–H groups in total. The first-order valence-corrected chi connectivity index (χ1v) is 12.2. The van der Waals surface area contributed by atoms with E-state index < -0.39 is 16.4 Å². The topological polar surface area (TPSA) is 104 Å². The molecule has 170 valence electrons. The molecular weight excluding hydrogens is 382 g/mol. The number of carboxylic acids is 1. The van der Waals surface area contributed by atoms with Crippen LogP contribution in [0.1, 0.15) is 91.9 Å². The molecule has 0 saturated carbocycles. The van der Waals surface area contributed by atoms with Gasteiger partial charge in [-0.3, -0.25) is 4.18 Å². The third-order valence-electron chi connectivity index (χ3n) is 5.06. The molecule has 0 amide bonds. The van der Waals surface area contributed by atoms with Crippen LogP contribution in [0.3, 0.4) is 0 Å². The highest BCUT2D eigenvalue weighted by Crippen LogP contribution is 2.13. The molecule has 7 nitrogen and oxygen atoms in total. The molecule has 0 rings (SSSR count). The summed E-state index contributed by atoms with van der Waals surface area (Å²) < 4.78 is 32.7. The number of hydrogen-bond donors (Lipinski definition) is 1. The van der Waals surface area contributed by atoms with Crippen molar-refractivity contribution in [2.24, 2.45) is 0 Å². The van der Waals surface area contributed by atoms with E-state index in [9.17, 15) is 17.8 Å². The standard InChI is InChI=1S/C18H37NO2.C2H6O4S/c1-4-7-8-9-10-11-12-13-14-15-16-19(5-2,6-3)17-18(20)21;1-2-6-7(3,4)5/h4-17H2,1-3H3;2H2,1H3,(H,3,4,5). The number of quaternary nitrogens is 1. The summed E-state index contributed by atoms with van der Waals surface area (Å²) in [4.78, 5) is 11.0. The Balaban J connectivity index is 0. The minimum Gasteiger partial charge on any atom is -0.726 e. The zero-order valence-electron chi connectivity index (χ0n) is 18.5. The molecule has 0 radical (unpaired) electrons. The highest BCUT2D eigenvalue weighted by atomic mass is 32.3. The molecule has 28 heavy (non-hydrogen) atoms. The number of nitrogens with zero attached hydrogens (tertiary/aromatic N) is 1. The number of carboxylic acid groups (broad SMARTS) is 1. The van der Waals surface area contributed by atoms with Crippen molar-refractivity contribution in [3.63, 3.8) is 0 Å². The number of hydrogen-bond acceptors (Lipinski definition) is 5. The third kappa shape index (κ3) is 20.0. The van der Waals surface area contributed by atoms with Gasteiger partial charge >= 0.3 is 5.97 Å². The molecule has 0 aliphatic rings. The summed E-state index contributed by atoms with van der Waals surface area (Å²) in [5, 5.41) is 9.06. The van der Waals surface area contributed by atoms with E-state index in [0.717, 1.165) is 24.1 Å². The second kappa shape index (κ2) is 18.3. The van der Waals surface area contributed by atoms with Crippen molar-refractivity contribution in [2.75, 3.05) is 32.8 Å². The molecular formula is C20H43NO6S. The second-order valence-electron chi connectivity index (χ2n) is 7.25. The quantitative estimate of drug-likeness (QED) is 0.161. The summed E-state index contributed by atoms with van der Waals surface area (Å²) >= 11 is 0. The molecule has 0 saturated heterocycles. The van der Waals surface area contributed by atoms with Gasteiger partial charge in [-0.15, -0.1) is 0 Å². The van der Waals surface area contributed by atoms with Crippen molar-refractivity contribution < 1.29 is 31.5 Å². The predicted molar refractivity (Wildman–Crippen MR) is 112 cm³/mol. The highest BCUT2D eigenvalue weighted by molar-refractivity contribution is 7.80. The van der Waals surface area contributed by atoms with E-state index in [2.05, 4.69) is 25.0 Å². The molecule has 8 heteroatoms. The van der Waals surface area contributed by atoms with Gasteiger partial charge in [0.25, 0.3) is 0 Å². The van der Waals surface area contributed by atoms with Gasteiger partial charge in [-0.25, -0.2) is 13.2 Å². The number of rotatable bonds is 17. The largest absolute Gasteiger partial charge is 0.726 e. The van der Waals surface area contributed by atoms with Gasteiger partial charge in [-0.1, -0.05) is 58.3 Å². The van der Waals surface area contributed by atoms with E-state index >= 15 is 0 Å². The van der Waals surface area contributed by atoms with Gasteiger partial charge in [-0.2, -0.15) is 0 Å². The Kier molecular flexibility index (Phi) is 19.3. The molecule has 0 atom stereocenters. The number of likely N-dealkylation sites (N-methyl/N-ethyl adjacent to an activating group) is 1. The fourth-order valence-electron chi connectivity index (χ4n) is 3.21. The first kappa shape index (κ1) is 29.5. The van der Waals surface area contributed by atoms with Crippen LogP contribution in [-0.2, 0) is 19.4 Å². The monoisotopic (exact) mass is 425 g/mol. The average molecular weight is 426 g/mol. The van der Waals surface area contributed by atoms with E-state index in [1.165, 1.54) is 71.1 Å². The Morgan fingerprint density at radius 2 is 1.29 bits per heavy atom. The number of aliphatic carboxylic acids is 1. The van der Waals surface area contributed by atoms with Gasteiger partial charge in [-0.05, 0) is 33.6 Å². The lowest BCUT2D eigenvalue weighted by Gasteiger charge is -2.35. The molecule has 0 bridgehead atoms. The van der Waals surface area contributed by atoms with E-state index in [0.29, 0.717) is 0 Å². The van der Waals surface area contributed by atoms with Crippen LogP contribution in [0, 0.1) is 0 Å². The Labute approximate surface area is 173 Å². The molecule has 0 spiro atoms. The van der Waals surface area contributed by atoms with Crippen molar-refractivity contribution in [2.45, 2.75) is 91.9 Å². The van der Waals surface area contributed by atoms with Gasteiger partial charge < -0.3 is 14.1 Å². The first-order valence-electron chi connectivity index (χ1n) is 10.8. The lowest BCUT2D eigenvalue weighted by molar-refractivity contribution is -0.918. The minimum absolute atomic E-state index is 0.0914. The van der Waals surface area contributed by atoms with Crippen molar-refractivity contribution in [3.8, 4) is 0 Å². The molecule has 0 fully saturated rings. The summed E-state index contributed by atoms with van der Waals surface area (Å²) in [5.41, 5.74) is 0. The van der Waals surface area contributed by atoms with Gasteiger partial charge in [0, 0.05) is 0 Å². The minimum atomic E-state index is -4.42. The van der Waals surface area contributed by atoms with Crippen LogP contribution in [0.5, 0.6) is 0 Å². The zero-order chi connectivity index (χ0) is 21.9. The molecule has 0 aliphatic carbocycles. The molecule has 0 aromatic rings. The van der Waals surface area contributed by atoms with Crippen LogP contribution in [0.4, 0.5) is 0 Å². The summed E-state index contributed by atoms with van der Waals surface area (Å²) in [6.45, 7) is 11.0. The van der Waals surface area contributed by atoms with Crippen molar-refractivity contribution >= 4 is 16.4 Å². The van der Waals surface area contributed by atoms with Crippen molar-refractivity contribution in [3.05, 3.63) is 0 Å². The van der Waals surface area contributed by atoms with Gasteiger partial charge in [0.1, 0.15) is 0 Å². The molecule has 0 unspecified atom stereocenters. The normalized spacial score (nSPS) is 11.8. The fourth-order valence-corrected chi connectivity index (χ4v) is 3.50. The molecule has 0 aliphatic heterocycles. The van der Waals surface area contributed by atoms with Crippen molar-refractivity contribution in [1.29, 1.82) is 0 Å². The van der Waals surface area contributed by atoms with Gasteiger partial charge in [0.15, 0.2) is 6.54 Å². The lowest BCUT2D eigenvalue weighted by atomic mass is 10.1. The average Bonchev–Trinajstić information content (AvgIpc) is 2.61. The number of unbranched alkanes of at least 4 members (excludes halogenated alkanes) is 9. The van der Waals surface area contributed by atoms with Crippen LogP contribution < -0.4 is 0 Å². The summed E-state index contributed by atoms with van der Waals surface area (Å²) in [5.74, 6) is -0.661. The maximum Gasteiger partial charge on any atom is 0.359 e.